The number of nitrogens with zero attached hydrogens (tertiary/aromatic N) is 2. The van der Waals surface area contributed by atoms with Gasteiger partial charge in [-0.25, -0.2) is 4.98 Å². The molecule has 0 saturated carbocycles. The summed E-state index contributed by atoms with van der Waals surface area (Å²) in [6, 6.07) is 3.95. The highest BCUT2D eigenvalue weighted by Crippen LogP contribution is 2.14. The molecule has 0 aliphatic carbocycles. The van der Waals surface area contributed by atoms with Crippen molar-refractivity contribution >= 4 is 5.96 Å². The zero-order chi connectivity index (χ0) is 19.9. The van der Waals surface area contributed by atoms with Crippen molar-refractivity contribution in [3.63, 3.8) is 0 Å². The molecule has 0 amide bonds. The number of nitrogens with one attached hydrogen (secondary N) is 2. The third-order valence-corrected chi connectivity index (χ3v) is 3.80. The Bertz CT molecular complexity index is 538. The van der Waals surface area contributed by atoms with Crippen LogP contribution < -0.4 is 15.4 Å². The zero-order valence-electron chi connectivity index (χ0n) is 17.5. The van der Waals surface area contributed by atoms with Gasteiger partial charge in [0.15, 0.2) is 5.96 Å². The third-order valence-electron chi connectivity index (χ3n) is 3.80. The van der Waals surface area contributed by atoms with Crippen LogP contribution in [-0.4, -0.2) is 57.6 Å². The number of methoxy groups -OCH3 is 1. The molecule has 0 spiro atoms. The zero-order valence-corrected chi connectivity index (χ0v) is 17.5. The van der Waals surface area contributed by atoms with Gasteiger partial charge in [-0.2, -0.15) is 0 Å². The topological polar surface area (TPSA) is 77.0 Å². The van der Waals surface area contributed by atoms with E-state index in [9.17, 15) is 0 Å². The van der Waals surface area contributed by atoms with Gasteiger partial charge < -0.3 is 24.8 Å². The highest BCUT2D eigenvalue weighted by atomic mass is 16.5. The van der Waals surface area contributed by atoms with Crippen LogP contribution in [0.25, 0.3) is 0 Å². The Morgan fingerprint density at radius 2 is 2.00 bits per heavy atom. The van der Waals surface area contributed by atoms with E-state index in [-0.39, 0.29) is 6.10 Å². The van der Waals surface area contributed by atoms with Crippen LogP contribution in [0.5, 0.6) is 5.88 Å². The fourth-order valence-corrected chi connectivity index (χ4v) is 2.57. The largest absolute Gasteiger partial charge is 0.475 e. The number of hydrogen-bond donors (Lipinski definition) is 2. The van der Waals surface area contributed by atoms with Gasteiger partial charge in [0.05, 0.1) is 19.3 Å². The summed E-state index contributed by atoms with van der Waals surface area (Å²) in [7, 11) is 3.43. The van der Waals surface area contributed by atoms with E-state index in [1.165, 1.54) is 0 Å². The van der Waals surface area contributed by atoms with Crippen LogP contribution in [0.1, 0.15) is 39.2 Å². The second-order valence-electron chi connectivity index (χ2n) is 6.87. The Morgan fingerprint density at radius 1 is 1.19 bits per heavy atom. The lowest BCUT2D eigenvalue weighted by Crippen LogP contribution is -2.37. The van der Waals surface area contributed by atoms with Gasteiger partial charge in [0.25, 0.3) is 0 Å². The summed E-state index contributed by atoms with van der Waals surface area (Å²) in [4.78, 5) is 8.55. The van der Waals surface area contributed by atoms with E-state index in [0.717, 1.165) is 30.9 Å². The molecule has 0 aromatic carbocycles. The number of rotatable bonds is 13. The molecule has 0 bridgehead atoms. The van der Waals surface area contributed by atoms with Gasteiger partial charge in [-0.1, -0.05) is 13.8 Å². The predicted octanol–water partition coefficient (Wildman–Crippen LogP) is 2.61. The molecular weight excluding hydrogens is 344 g/mol. The summed E-state index contributed by atoms with van der Waals surface area (Å²) >= 11 is 0. The molecule has 0 radical (unpaired) electrons. The quantitative estimate of drug-likeness (QED) is 0.311. The molecule has 1 atom stereocenters. The highest BCUT2D eigenvalue weighted by molar-refractivity contribution is 5.79. The van der Waals surface area contributed by atoms with Crippen molar-refractivity contribution in [3.05, 3.63) is 23.9 Å². The average Bonchev–Trinajstić information content (AvgIpc) is 2.63. The molecule has 1 unspecified atom stereocenters. The molecule has 1 rings (SSSR count). The monoisotopic (exact) mass is 380 g/mol. The molecular formula is C20H36N4O3. The summed E-state index contributed by atoms with van der Waals surface area (Å²) in [6.07, 6.45) is 3.85. The van der Waals surface area contributed by atoms with Crippen molar-refractivity contribution in [2.45, 2.75) is 46.3 Å². The molecule has 1 aromatic heterocycles. The van der Waals surface area contributed by atoms with Gasteiger partial charge in [0.2, 0.25) is 5.88 Å². The summed E-state index contributed by atoms with van der Waals surface area (Å²) in [6.45, 7) is 9.88. The Labute approximate surface area is 163 Å². The van der Waals surface area contributed by atoms with Crippen LogP contribution in [0.3, 0.4) is 0 Å². The normalized spacial score (nSPS) is 12.9. The van der Waals surface area contributed by atoms with Crippen LogP contribution in [0.2, 0.25) is 0 Å². The number of aromatic nitrogens is 1. The van der Waals surface area contributed by atoms with Crippen LogP contribution in [0, 0.1) is 5.92 Å². The summed E-state index contributed by atoms with van der Waals surface area (Å²) < 4.78 is 16.3. The van der Waals surface area contributed by atoms with Crippen molar-refractivity contribution in [2.75, 3.05) is 40.5 Å². The molecule has 2 N–H and O–H groups in total. The lowest BCUT2D eigenvalue weighted by molar-refractivity contribution is 0.0698. The van der Waals surface area contributed by atoms with E-state index in [0.29, 0.717) is 38.2 Å². The van der Waals surface area contributed by atoms with Gasteiger partial charge >= 0.3 is 0 Å². The van der Waals surface area contributed by atoms with Crippen molar-refractivity contribution in [1.82, 2.24) is 15.6 Å². The van der Waals surface area contributed by atoms with E-state index < -0.39 is 0 Å². The first-order valence-electron chi connectivity index (χ1n) is 9.68. The van der Waals surface area contributed by atoms with E-state index in [4.69, 9.17) is 14.2 Å². The second kappa shape index (κ2) is 14.2. The van der Waals surface area contributed by atoms with Crippen molar-refractivity contribution < 1.29 is 14.2 Å². The molecule has 0 aliphatic heterocycles. The van der Waals surface area contributed by atoms with Crippen molar-refractivity contribution in [3.8, 4) is 5.88 Å². The molecule has 7 heteroatoms. The van der Waals surface area contributed by atoms with Crippen LogP contribution in [-0.2, 0) is 16.0 Å². The average molecular weight is 381 g/mol. The smallest absolute Gasteiger partial charge is 0.213 e. The molecule has 0 fully saturated rings. The van der Waals surface area contributed by atoms with E-state index >= 15 is 0 Å². The number of ether oxygens (including phenoxy) is 3. The Balaban J connectivity index is 2.32. The minimum atomic E-state index is 0.154. The lowest BCUT2D eigenvalue weighted by atomic mass is 10.1. The first-order valence-corrected chi connectivity index (χ1v) is 9.68. The Morgan fingerprint density at radius 3 is 2.70 bits per heavy atom. The van der Waals surface area contributed by atoms with Crippen LogP contribution >= 0.6 is 0 Å². The lowest BCUT2D eigenvalue weighted by Gasteiger charge is -2.16. The van der Waals surface area contributed by atoms with E-state index in [2.05, 4.69) is 41.4 Å². The predicted molar refractivity (Wildman–Crippen MR) is 109 cm³/mol. The van der Waals surface area contributed by atoms with E-state index in [1.807, 2.05) is 12.1 Å². The number of hydrogen-bond acceptors (Lipinski definition) is 5. The fraction of sp³-hybridized carbons (Fsp3) is 0.700. The van der Waals surface area contributed by atoms with Crippen molar-refractivity contribution in [1.29, 1.82) is 0 Å². The maximum Gasteiger partial charge on any atom is 0.213 e. The van der Waals surface area contributed by atoms with Crippen LogP contribution in [0.4, 0.5) is 0 Å². The first-order chi connectivity index (χ1) is 13.0. The molecule has 0 aliphatic rings. The minimum absolute atomic E-state index is 0.154. The summed E-state index contributed by atoms with van der Waals surface area (Å²) in [5.74, 6) is 2.03. The fourth-order valence-electron chi connectivity index (χ4n) is 2.57. The summed E-state index contributed by atoms with van der Waals surface area (Å²) in [5.41, 5.74) is 1.10. The highest BCUT2D eigenvalue weighted by Gasteiger charge is 2.08. The number of aliphatic imine (C=N–C) groups is 1. The first kappa shape index (κ1) is 23.2. The molecule has 1 heterocycles. The van der Waals surface area contributed by atoms with Crippen LogP contribution in [0.15, 0.2) is 23.3 Å². The van der Waals surface area contributed by atoms with Gasteiger partial charge in [0, 0.05) is 46.1 Å². The maximum absolute atomic E-state index is 5.91. The Hall–Kier alpha value is -1.86. The van der Waals surface area contributed by atoms with Gasteiger partial charge in [-0.15, -0.1) is 0 Å². The number of guanidine groups is 1. The number of pyridine rings is 1. The van der Waals surface area contributed by atoms with Gasteiger partial charge in [0.1, 0.15) is 0 Å². The SMILES string of the molecule is CN=C(NCCCOCCOC)NCc1ccnc(OC(C)CC(C)C)c1. The van der Waals surface area contributed by atoms with Crippen molar-refractivity contribution in [2.24, 2.45) is 10.9 Å². The Kier molecular flexibility index (Phi) is 12.2. The van der Waals surface area contributed by atoms with E-state index in [1.54, 1.807) is 20.4 Å². The summed E-state index contributed by atoms with van der Waals surface area (Å²) in [5, 5.41) is 6.58. The molecule has 7 nitrogen and oxygen atoms in total. The second-order valence-corrected chi connectivity index (χ2v) is 6.87. The third kappa shape index (κ3) is 11.5. The standard InChI is InChI=1S/C20H36N4O3/c1-16(2)13-17(3)27-19-14-18(7-9-22-19)15-24-20(21-4)23-8-6-10-26-12-11-25-5/h7,9,14,16-17H,6,8,10-13,15H2,1-5H3,(H2,21,23,24). The van der Waals surface area contributed by atoms with Gasteiger partial charge in [-0.3, -0.25) is 4.99 Å². The molecule has 27 heavy (non-hydrogen) atoms. The minimum Gasteiger partial charge on any atom is -0.475 e. The molecule has 1 aromatic rings. The molecule has 154 valence electrons. The van der Waals surface area contributed by atoms with Gasteiger partial charge in [-0.05, 0) is 37.3 Å². The molecule has 0 saturated heterocycles. The maximum atomic E-state index is 5.91.